The van der Waals surface area contributed by atoms with E-state index in [0.717, 1.165) is 5.56 Å². The van der Waals surface area contributed by atoms with Gasteiger partial charge in [-0.1, -0.05) is 26.0 Å². The molecule has 0 aliphatic rings. The van der Waals surface area contributed by atoms with Crippen LogP contribution in [-0.2, 0) is 20.7 Å². The zero-order chi connectivity index (χ0) is 16.0. The van der Waals surface area contributed by atoms with Crippen molar-refractivity contribution < 1.29 is 19.4 Å². The minimum Gasteiger partial charge on any atom is -0.508 e. The first-order valence-electron chi connectivity index (χ1n) is 6.76. The number of phenols is 1. The van der Waals surface area contributed by atoms with Crippen LogP contribution in [0.5, 0.6) is 5.75 Å². The second-order valence-corrected chi connectivity index (χ2v) is 5.22. The number of ether oxygens (including phenoxy) is 1. The fourth-order valence-electron chi connectivity index (χ4n) is 1.77. The van der Waals surface area contributed by atoms with Gasteiger partial charge in [-0.2, -0.15) is 0 Å². The Bertz CT molecular complexity index is 491. The quantitative estimate of drug-likeness (QED) is 0.648. The topological polar surface area (TPSA) is 102 Å². The lowest BCUT2D eigenvalue weighted by molar-refractivity contribution is -0.145. The van der Waals surface area contributed by atoms with Gasteiger partial charge < -0.3 is 20.9 Å². The molecule has 1 aromatic rings. The molecule has 0 saturated heterocycles. The molecule has 0 fully saturated rings. The first-order chi connectivity index (χ1) is 9.85. The molecule has 1 rings (SSSR count). The van der Waals surface area contributed by atoms with Crippen LogP contribution in [0, 0.1) is 5.92 Å². The number of benzene rings is 1. The minimum atomic E-state index is -0.808. The van der Waals surface area contributed by atoms with Gasteiger partial charge in [0.25, 0.3) is 0 Å². The molecule has 6 nitrogen and oxygen atoms in total. The fraction of sp³-hybridized carbons (Fsp3) is 0.467. The second kappa shape index (κ2) is 9.42. The van der Waals surface area contributed by atoms with Gasteiger partial charge in [0.1, 0.15) is 11.8 Å². The zero-order valence-corrected chi connectivity index (χ0v) is 14.6. The number of nitrogens with one attached hydrogen (secondary N) is 1. The zero-order valence-electron chi connectivity index (χ0n) is 12.9. The molecule has 1 aromatic carbocycles. The molecule has 0 aliphatic carbocycles. The monoisotopic (exact) mass is 374 g/mol. The van der Waals surface area contributed by atoms with Crippen LogP contribution in [0.3, 0.4) is 0 Å². The summed E-state index contributed by atoms with van der Waals surface area (Å²) in [6.07, 6.45) is 0.267. The van der Waals surface area contributed by atoms with E-state index in [2.05, 4.69) is 5.32 Å². The molecule has 2 atom stereocenters. The van der Waals surface area contributed by atoms with Gasteiger partial charge >= 0.3 is 5.97 Å². The molecule has 0 heterocycles. The summed E-state index contributed by atoms with van der Waals surface area (Å²) in [6, 6.07) is 4.91. The van der Waals surface area contributed by atoms with E-state index in [9.17, 15) is 14.7 Å². The molecule has 7 heteroatoms. The third-order valence-corrected chi connectivity index (χ3v) is 3.20. The predicted molar refractivity (Wildman–Crippen MR) is 88.9 cm³/mol. The van der Waals surface area contributed by atoms with Crippen molar-refractivity contribution >= 4 is 28.9 Å². The maximum absolute atomic E-state index is 12.0. The molecule has 22 heavy (non-hydrogen) atoms. The van der Waals surface area contributed by atoms with Gasteiger partial charge in [-0.15, -0.1) is 17.0 Å². The van der Waals surface area contributed by atoms with Crippen LogP contribution in [0.4, 0.5) is 0 Å². The summed E-state index contributed by atoms with van der Waals surface area (Å²) in [5.41, 5.74) is 6.56. The highest BCUT2D eigenvalue weighted by Gasteiger charge is 2.25. The first-order valence-corrected chi connectivity index (χ1v) is 6.76. The van der Waals surface area contributed by atoms with Crippen LogP contribution < -0.4 is 11.1 Å². The van der Waals surface area contributed by atoms with Gasteiger partial charge in [0.15, 0.2) is 0 Å². The lowest BCUT2D eigenvalue weighted by Gasteiger charge is -2.21. The number of carbonyl (C=O) groups excluding carboxylic acids is 2. The summed E-state index contributed by atoms with van der Waals surface area (Å²) in [4.78, 5) is 23.8. The van der Waals surface area contributed by atoms with Crippen LogP contribution in [0.2, 0.25) is 0 Å². The number of amides is 1. The van der Waals surface area contributed by atoms with E-state index in [1.165, 1.54) is 19.2 Å². The molecule has 124 valence electrons. The Morgan fingerprint density at radius 1 is 1.27 bits per heavy atom. The molecular formula is C15H23BrN2O4. The van der Waals surface area contributed by atoms with Crippen molar-refractivity contribution in [1.29, 1.82) is 0 Å². The molecule has 0 radical (unpaired) electrons. The molecule has 4 N–H and O–H groups in total. The Balaban J connectivity index is 0.00000441. The summed E-state index contributed by atoms with van der Waals surface area (Å²) >= 11 is 0. The first kappa shape index (κ1) is 20.4. The Labute approximate surface area is 140 Å². The van der Waals surface area contributed by atoms with Crippen molar-refractivity contribution in [2.75, 3.05) is 7.11 Å². The predicted octanol–water partition coefficient (Wildman–Crippen LogP) is 1.15. The number of halogens is 1. The number of rotatable bonds is 6. The van der Waals surface area contributed by atoms with Crippen LogP contribution in [0.1, 0.15) is 19.4 Å². The summed E-state index contributed by atoms with van der Waals surface area (Å²) in [6.45, 7) is 3.66. The van der Waals surface area contributed by atoms with Crippen molar-refractivity contribution in [2.24, 2.45) is 11.7 Å². The van der Waals surface area contributed by atoms with E-state index < -0.39 is 18.1 Å². The van der Waals surface area contributed by atoms with Gasteiger partial charge in [-0.3, -0.25) is 4.79 Å². The Kier molecular flexibility index (Phi) is 8.74. The number of carbonyl (C=O) groups is 2. The average molecular weight is 375 g/mol. The Hall–Kier alpha value is -1.60. The molecular weight excluding hydrogens is 352 g/mol. The number of nitrogens with two attached hydrogens (primary N) is 1. The highest BCUT2D eigenvalue weighted by molar-refractivity contribution is 8.93. The largest absolute Gasteiger partial charge is 0.508 e. The number of hydrogen-bond acceptors (Lipinski definition) is 5. The molecule has 0 aliphatic heterocycles. The highest BCUT2D eigenvalue weighted by Crippen LogP contribution is 2.12. The van der Waals surface area contributed by atoms with E-state index >= 15 is 0 Å². The van der Waals surface area contributed by atoms with E-state index in [4.69, 9.17) is 10.5 Å². The van der Waals surface area contributed by atoms with Gasteiger partial charge in [0.05, 0.1) is 13.2 Å². The standard InChI is InChI=1S/C15H22N2O4.BrH/c1-9(2)13(16)14(19)17-12(15(20)21-3)8-10-4-6-11(18)7-5-10;/h4-7,9,12-13,18H,8,16H2,1-3H3,(H,17,19);1H/t12-,13?;/m0./s1. The Morgan fingerprint density at radius 3 is 2.27 bits per heavy atom. The van der Waals surface area contributed by atoms with Crippen molar-refractivity contribution in [3.05, 3.63) is 29.8 Å². The van der Waals surface area contributed by atoms with E-state index in [0.29, 0.717) is 0 Å². The smallest absolute Gasteiger partial charge is 0.328 e. The normalized spacial score (nSPS) is 13.0. The summed E-state index contributed by atoms with van der Waals surface area (Å²) in [5, 5.41) is 11.9. The van der Waals surface area contributed by atoms with Crippen LogP contribution in [-0.4, -0.2) is 36.2 Å². The van der Waals surface area contributed by atoms with E-state index in [1.54, 1.807) is 12.1 Å². The number of aromatic hydroxyl groups is 1. The minimum absolute atomic E-state index is 0. The van der Waals surface area contributed by atoms with Crippen molar-refractivity contribution in [2.45, 2.75) is 32.4 Å². The molecule has 1 amide bonds. The fourth-order valence-corrected chi connectivity index (χ4v) is 1.77. The van der Waals surface area contributed by atoms with Crippen molar-refractivity contribution in [3.63, 3.8) is 0 Å². The Morgan fingerprint density at radius 2 is 1.82 bits per heavy atom. The SMILES string of the molecule is Br.COC(=O)[C@H](Cc1ccc(O)cc1)NC(=O)C(N)C(C)C. The maximum Gasteiger partial charge on any atom is 0.328 e. The van der Waals surface area contributed by atoms with E-state index in [-0.39, 0.29) is 41.0 Å². The second-order valence-electron chi connectivity index (χ2n) is 5.22. The van der Waals surface area contributed by atoms with Gasteiger partial charge in [-0.05, 0) is 23.6 Å². The average Bonchev–Trinajstić information content (AvgIpc) is 2.46. The van der Waals surface area contributed by atoms with Crippen molar-refractivity contribution in [1.82, 2.24) is 5.32 Å². The third-order valence-electron chi connectivity index (χ3n) is 3.20. The summed E-state index contributed by atoms with van der Waals surface area (Å²) < 4.78 is 4.71. The summed E-state index contributed by atoms with van der Waals surface area (Å²) in [7, 11) is 1.26. The maximum atomic E-state index is 12.0. The lowest BCUT2D eigenvalue weighted by Crippen LogP contribution is -2.51. The number of hydrogen-bond donors (Lipinski definition) is 3. The lowest BCUT2D eigenvalue weighted by atomic mass is 10.0. The number of methoxy groups -OCH3 is 1. The van der Waals surface area contributed by atoms with Gasteiger partial charge in [0, 0.05) is 6.42 Å². The number of esters is 1. The highest BCUT2D eigenvalue weighted by atomic mass is 79.9. The molecule has 0 aromatic heterocycles. The molecule has 1 unspecified atom stereocenters. The molecule has 0 saturated carbocycles. The molecule has 0 bridgehead atoms. The molecule has 0 spiro atoms. The number of phenolic OH excluding ortho intramolecular Hbond substituents is 1. The van der Waals surface area contributed by atoms with Gasteiger partial charge in [-0.25, -0.2) is 4.79 Å². The van der Waals surface area contributed by atoms with Crippen molar-refractivity contribution in [3.8, 4) is 5.75 Å². The van der Waals surface area contributed by atoms with E-state index in [1.807, 2.05) is 13.8 Å². The third kappa shape index (κ3) is 6.03. The van der Waals surface area contributed by atoms with Crippen LogP contribution >= 0.6 is 17.0 Å². The van der Waals surface area contributed by atoms with Crippen LogP contribution in [0.25, 0.3) is 0 Å². The van der Waals surface area contributed by atoms with Crippen LogP contribution in [0.15, 0.2) is 24.3 Å². The summed E-state index contributed by atoms with van der Waals surface area (Å²) in [5.74, 6) is -0.817. The van der Waals surface area contributed by atoms with Gasteiger partial charge in [0.2, 0.25) is 5.91 Å².